The van der Waals surface area contributed by atoms with Crippen LogP contribution in [-0.4, -0.2) is 28.1 Å². The fourth-order valence-electron chi connectivity index (χ4n) is 2.27. The standard InChI is InChI=1S/C18H19NO4/c1-3-15(18(20)21)23-16-10-9-14(11-12(16)2)17(19-22)13-7-5-4-6-8-13/h4-11,15,22H,3H2,1-2H3,(H,20,21)/b19-17+. The summed E-state index contributed by atoms with van der Waals surface area (Å²) in [7, 11) is 0. The zero-order valence-corrected chi connectivity index (χ0v) is 13.1. The van der Waals surface area contributed by atoms with Crippen LogP contribution < -0.4 is 4.74 Å². The van der Waals surface area contributed by atoms with Crippen LogP contribution >= 0.6 is 0 Å². The minimum Gasteiger partial charge on any atom is -0.479 e. The molecule has 2 aromatic carbocycles. The van der Waals surface area contributed by atoms with Crippen LogP contribution in [-0.2, 0) is 4.79 Å². The van der Waals surface area contributed by atoms with E-state index in [4.69, 9.17) is 9.84 Å². The van der Waals surface area contributed by atoms with E-state index in [9.17, 15) is 10.0 Å². The molecule has 0 saturated carbocycles. The first-order valence-corrected chi connectivity index (χ1v) is 7.34. The topological polar surface area (TPSA) is 79.1 Å². The largest absolute Gasteiger partial charge is 0.479 e. The van der Waals surface area contributed by atoms with Crippen LogP contribution in [0.2, 0.25) is 0 Å². The number of aliphatic carboxylic acids is 1. The van der Waals surface area contributed by atoms with Gasteiger partial charge in [0.15, 0.2) is 6.10 Å². The molecule has 0 bridgehead atoms. The van der Waals surface area contributed by atoms with E-state index in [1.54, 1.807) is 19.1 Å². The van der Waals surface area contributed by atoms with E-state index in [0.717, 1.165) is 16.7 Å². The van der Waals surface area contributed by atoms with Gasteiger partial charge in [-0.3, -0.25) is 0 Å². The summed E-state index contributed by atoms with van der Waals surface area (Å²) in [4.78, 5) is 11.1. The van der Waals surface area contributed by atoms with Crippen molar-refractivity contribution in [1.82, 2.24) is 0 Å². The van der Waals surface area contributed by atoms with E-state index in [1.807, 2.05) is 43.3 Å². The lowest BCUT2D eigenvalue weighted by atomic mass is 10.0. The Morgan fingerprint density at radius 1 is 1.17 bits per heavy atom. The lowest BCUT2D eigenvalue weighted by Gasteiger charge is -2.16. The summed E-state index contributed by atoms with van der Waals surface area (Å²) in [5, 5.41) is 21.8. The number of nitrogens with zero attached hydrogens (tertiary/aromatic N) is 1. The summed E-state index contributed by atoms with van der Waals surface area (Å²) in [6.07, 6.45) is -0.496. The number of hydrogen-bond acceptors (Lipinski definition) is 4. The van der Waals surface area contributed by atoms with Crippen molar-refractivity contribution in [3.8, 4) is 5.75 Å². The Labute approximate surface area is 134 Å². The van der Waals surface area contributed by atoms with Crippen molar-refractivity contribution in [2.75, 3.05) is 0 Å². The Kier molecular flexibility index (Phi) is 5.36. The highest BCUT2D eigenvalue weighted by Crippen LogP contribution is 2.23. The third-order valence-corrected chi connectivity index (χ3v) is 3.51. The second-order valence-electron chi connectivity index (χ2n) is 5.15. The zero-order valence-electron chi connectivity index (χ0n) is 13.1. The maximum Gasteiger partial charge on any atom is 0.344 e. The van der Waals surface area contributed by atoms with Crippen molar-refractivity contribution >= 4 is 11.7 Å². The number of aryl methyl sites for hydroxylation is 1. The Hall–Kier alpha value is -2.82. The number of carbonyl (C=O) groups is 1. The molecule has 1 unspecified atom stereocenters. The van der Waals surface area contributed by atoms with E-state index in [2.05, 4.69) is 5.16 Å². The number of hydrogen-bond donors (Lipinski definition) is 2. The van der Waals surface area contributed by atoms with Crippen molar-refractivity contribution in [2.24, 2.45) is 5.16 Å². The van der Waals surface area contributed by atoms with Gasteiger partial charge in [0.2, 0.25) is 0 Å². The second-order valence-corrected chi connectivity index (χ2v) is 5.15. The highest BCUT2D eigenvalue weighted by molar-refractivity contribution is 6.12. The Bertz CT molecular complexity index is 710. The van der Waals surface area contributed by atoms with E-state index >= 15 is 0 Å². The Morgan fingerprint density at radius 2 is 1.87 bits per heavy atom. The molecule has 0 aromatic heterocycles. The van der Waals surface area contributed by atoms with E-state index < -0.39 is 12.1 Å². The summed E-state index contributed by atoms with van der Waals surface area (Å²) in [6.45, 7) is 3.59. The zero-order chi connectivity index (χ0) is 16.8. The van der Waals surface area contributed by atoms with Gasteiger partial charge in [0.1, 0.15) is 11.5 Å². The van der Waals surface area contributed by atoms with Crippen molar-refractivity contribution in [3.05, 3.63) is 65.2 Å². The molecule has 120 valence electrons. The van der Waals surface area contributed by atoms with E-state index in [0.29, 0.717) is 17.9 Å². The Morgan fingerprint density at radius 3 is 2.39 bits per heavy atom. The lowest BCUT2D eigenvalue weighted by Crippen LogP contribution is -2.26. The van der Waals surface area contributed by atoms with Crippen molar-refractivity contribution in [3.63, 3.8) is 0 Å². The molecule has 0 amide bonds. The smallest absolute Gasteiger partial charge is 0.344 e. The summed E-state index contributed by atoms with van der Waals surface area (Å²) < 4.78 is 5.53. The summed E-state index contributed by atoms with van der Waals surface area (Å²) in [5.74, 6) is -0.480. The van der Waals surface area contributed by atoms with Gasteiger partial charge in [-0.05, 0) is 37.1 Å². The highest BCUT2D eigenvalue weighted by Gasteiger charge is 2.18. The first kappa shape index (κ1) is 16.5. The van der Waals surface area contributed by atoms with Gasteiger partial charge in [-0.15, -0.1) is 0 Å². The van der Waals surface area contributed by atoms with Gasteiger partial charge >= 0.3 is 5.97 Å². The first-order chi connectivity index (χ1) is 11.1. The third kappa shape index (κ3) is 3.88. The highest BCUT2D eigenvalue weighted by atomic mass is 16.5. The maximum absolute atomic E-state index is 11.1. The van der Waals surface area contributed by atoms with Gasteiger partial charge in [-0.25, -0.2) is 4.79 Å². The van der Waals surface area contributed by atoms with Gasteiger partial charge in [0.25, 0.3) is 0 Å². The van der Waals surface area contributed by atoms with Gasteiger partial charge in [-0.2, -0.15) is 0 Å². The maximum atomic E-state index is 11.1. The minimum atomic E-state index is -0.988. The number of benzene rings is 2. The molecule has 0 aliphatic rings. The molecule has 0 spiro atoms. The predicted octanol–water partition coefficient (Wildman–Crippen LogP) is 3.46. The Balaban J connectivity index is 2.30. The summed E-state index contributed by atoms with van der Waals surface area (Å²) in [5.41, 5.74) is 2.75. The van der Waals surface area contributed by atoms with Crippen LogP contribution in [0, 0.1) is 6.92 Å². The lowest BCUT2D eigenvalue weighted by molar-refractivity contribution is -0.145. The molecule has 5 heteroatoms. The van der Waals surface area contributed by atoms with Gasteiger partial charge in [0.05, 0.1) is 0 Å². The van der Waals surface area contributed by atoms with E-state index in [1.165, 1.54) is 0 Å². The number of carboxylic acid groups (broad SMARTS) is 1. The SMILES string of the molecule is CCC(Oc1ccc(/C(=N/O)c2ccccc2)cc1C)C(=O)O. The molecular formula is C18H19NO4. The molecule has 2 N–H and O–H groups in total. The van der Waals surface area contributed by atoms with E-state index in [-0.39, 0.29) is 0 Å². The average Bonchev–Trinajstić information content (AvgIpc) is 2.55. The fourth-order valence-corrected chi connectivity index (χ4v) is 2.27. The molecular weight excluding hydrogens is 294 g/mol. The van der Waals surface area contributed by atoms with Gasteiger partial charge < -0.3 is 15.1 Å². The fraction of sp³-hybridized carbons (Fsp3) is 0.222. The molecule has 5 nitrogen and oxygen atoms in total. The van der Waals surface area contributed by atoms with Crippen LogP contribution in [0.5, 0.6) is 5.75 Å². The molecule has 0 aliphatic carbocycles. The molecule has 0 saturated heterocycles. The average molecular weight is 313 g/mol. The molecule has 2 aromatic rings. The third-order valence-electron chi connectivity index (χ3n) is 3.51. The summed E-state index contributed by atoms with van der Waals surface area (Å²) >= 11 is 0. The molecule has 23 heavy (non-hydrogen) atoms. The van der Waals surface area contributed by atoms with Crippen LogP contribution in [0.25, 0.3) is 0 Å². The number of oxime groups is 1. The monoisotopic (exact) mass is 313 g/mol. The number of rotatable bonds is 6. The normalized spacial score (nSPS) is 12.7. The van der Waals surface area contributed by atoms with Crippen LogP contribution in [0.3, 0.4) is 0 Å². The quantitative estimate of drug-likeness (QED) is 0.486. The van der Waals surface area contributed by atoms with Gasteiger partial charge in [0, 0.05) is 11.1 Å². The number of carboxylic acids is 1. The van der Waals surface area contributed by atoms with Crippen LogP contribution in [0.15, 0.2) is 53.7 Å². The molecule has 2 rings (SSSR count). The summed E-state index contributed by atoms with van der Waals surface area (Å²) in [6, 6.07) is 14.6. The van der Waals surface area contributed by atoms with Crippen molar-refractivity contribution in [1.29, 1.82) is 0 Å². The molecule has 0 fully saturated rings. The van der Waals surface area contributed by atoms with Crippen LogP contribution in [0.1, 0.15) is 30.0 Å². The molecule has 1 atom stereocenters. The molecule has 0 aliphatic heterocycles. The first-order valence-electron chi connectivity index (χ1n) is 7.34. The van der Waals surface area contributed by atoms with Gasteiger partial charge in [-0.1, -0.05) is 42.4 Å². The second kappa shape index (κ2) is 7.45. The number of ether oxygens (including phenoxy) is 1. The minimum absolute atomic E-state index is 0.379. The van der Waals surface area contributed by atoms with Crippen molar-refractivity contribution in [2.45, 2.75) is 26.4 Å². The predicted molar refractivity (Wildman–Crippen MR) is 87.4 cm³/mol. The molecule has 0 heterocycles. The van der Waals surface area contributed by atoms with Crippen LogP contribution in [0.4, 0.5) is 0 Å². The van der Waals surface area contributed by atoms with Crippen molar-refractivity contribution < 1.29 is 19.8 Å². The molecule has 0 radical (unpaired) electrons.